The van der Waals surface area contributed by atoms with E-state index < -0.39 is 6.10 Å². The third kappa shape index (κ3) is 3.21. The van der Waals surface area contributed by atoms with Crippen molar-refractivity contribution in [3.63, 3.8) is 0 Å². The van der Waals surface area contributed by atoms with Gasteiger partial charge in [-0.2, -0.15) is 0 Å². The van der Waals surface area contributed by atoms with Crippen LogP contribution in [0.4, 0.5) is 0 Å². The maximum Gasteiger partial charge on any atom is 0.261 e. The smallest absolute Gasteiger partial charge is 0.261 e. The molecule has 2 aliphatic rings. The molecule has 5 heteroatoms. The zero-order valence-electron chi connectivity index (χ0n) is 15.1. The maximum absolute atomic E-state index is 12.5. The van der Waals surface area contributed by atoms with Crippen molar-refractivity contribution in [1.29, 1.82) is 0 Å². The Balaban J connectivity index is 1.45. The van der Waals surface area contributed by atoms with E-state index in [-0.39, 0.29) is 12.0 Å². The summed E-state index contributed by atoms with van der Waals surface area (Å²) in [7, 11) is 0. The van der Waals surface area contributed by atoms with Gasteiger partial charge in [0.2, 0.25) is 0 Å². The SMILES string of the molecule is CCOc1cc2c(cc1CNC(=O)[C@H]1Cc3ccccc3O1)O[C@@H](C)C2. The summed E-state index contributed by atoms with van der Waals surface area (Å²) in [6.45, 7) is 4.97. The van der Waals surface area contributed by atoms with Crippen molar-refractivity contribution >= 4 is 5.91 Å². The van der Waals surface area contributed by atoms with E-state index in [1.807, 2.05) is 43.3 Å². The van der Waals surface area contributed by atoms with Crippen molar-refractivity contribution in [3.8, 4) is 17.2 Å². The number of para-hydroxylation sites is 1. The molecule has 2 heterocycles. The molecule has 0 aromatic heterocycles. The molecule has 136 valence electrons. The minimum Gasteiger partial charge on any atom is -0.494 e. The van der Waals surface area contributed by atoms with E-state index in [2.05, 4.69) is 12.2 Å². The quantitative estimate of drug-likeness (QED) is 0.898. The van der Waals surface area contributed by atoms with Crippen molar-refractivity contribution in [1.82, 2.24) is 5.32 Å². The Bertz CT molecular complexity index is 808. The van der Waals surface area contributed by atoms with Gasteiger partial charge in [-0.15, -0.1) is 0 Å². The predicted octanol–water partition coefficient (Wildman–Crippen LogP) is 3.03. The molecule has 0 aliphatic carbocycles. The summed E-state index contributed by atoms with van der Waals surface area (Å²) >= 11 is 0. The van der Waals surface area contributed by atoms with Gasteiger partial charge >= 0.3 is 0 Å². The van der Waals surface area contributed by atoms with Crippen molar-refractivity contribution in [2.24, 2.45) is 0 Å². The van der Waals surface area contributed by atoms with Crippen LogP contribution < -0.4 is 19.5 Å². The average Bonchev–Trinajstić information content (AvgIpc) is 3.21. The molecular weight excluding hydrogens is 330 g/mol. The van der Waals surface area contributed by atoms with E-state index in [4.69, 9.17) is 14.2 Å². The Morgan fingerprint density at radius 2 is 2.00 bits per heavy atom. The maximum atomic E-state index is 12.5. The summed E-state index contributed by atoms with van der Waals surface area (Å²) in [6.07, 6.45) is 1.19. The van der Waals surface area contributed by atoms with Gasteiger partial charge in [0.25, 0.3) is 5.91 Å². The summed E-state index contributed by atoms with van der Waals surface area (Å²) in [6, 6.07) is 11.8. The normalized spacial score (nSPS) is 19.9. The first-order valence-electron chi connectivity index (χ1n) is 9.11. The Kier molecular flexibility index (Phi) is 4.45. The number of fused-ring (bicyclic) bond motifs is 2. The third-order valence-corrected chi connectivity index (χ3v) is 4.77. The molecule has 0 saturated carbocycles. The number of rotatable bonds is 5. The molecule has 5 nitrogen and oxygen atoms in total. The van der Waals surface area contributed by atoms with Gasteiger partial charge in [0.15, 0.2) is 6.10 Å². The van der Waals surface area contributed by atoms with Gasteiger partial charge in [0.1, 0.15) is 23.4 Å². The topological polar surface area (TPSA) is 56.8 Å². The molecule has 0 saturated heterocycles. The molecule has 0 radical (unpaired) electrons. The number of ether oxygens (including phenoxy) is 3. The minimum atomic E-state index is -0.478. The molecule has 2 aromatic rings. The van der Waals surface area contributed by atoms with Crippen LogP contribution in [0.15, 0.2) is 36.4 Å². The Labute approximate surface area is 153 Å². The molecule has 1 amide bonds. The highest BCUT2D eigenvalue weighted by molar-refractivity contribution is 5.82. The monoisotopic (exact) mass is 353 g/mol. The molecule has 26 heavy (non-hydrogen) atoms. The van der Waals surface area contributed by atoms with Crippen LogP contribution in [0.2, 0.25) is 0 Å². The molecule has 2 atom stereocenters. The number of carbonyl (C=O) groups excluding carboxylic acids is 1. The summed E-state index contributed by atoms with van der Waals surface area (Å²) < 4.78 is 17.4. The van der Waals surface area contributed by atoms with Crippen LogP contribution in [0.1, 0.15) is 30.5 Å². The molecular formula is C21H23NO4. The van der Waals surface area contributed by atoms with Crippen LogP contribution in [-0.2, 0) is 24.2 Å². The molecule has 2 aromatic carbocycles. The van der Waals surface area contributed by atoms with E-state index in [1.54, 1.807) is 0 Å². The first-order chi connectivity index (χ1) is 12.6. The first kappa shape index (κ1) is 16.8. The Morgan fingerprint density at radius 3 is 2.81 bits per heavy atom. The van der Waals surface area contributed by atoms with Gasteiger partial charge < -0.3 is 19.5 Å². The fraction of sp³-hybridized carbons (Fsp3) is 0.381. The van der Waals surface area contributed by atoms with Gasteiger partial charge in [-0.25, -0.2) is 0 Å². The molecule has 0 bridgehead atoms. The molecule has 0 fully saturated rings. The summed E-state index contributed by atoms with van der Waals surface area (Å²) in [5, 5.41) is 2.98. The van der Waals surface area contributed by atoms with Crippen LogP contribution in [0.25, 0.3) is 0 Å². The largest absolute Gasteiger partial charge is 0.494 e. The fourth-order valence-corrected chi connectivity index (χ4v) is 3.53. The lowest BCUT2D eigenvalue weighted by molar-refractivity contribution is -0.127. The lowest BCUT2D eigenvalue weighted by atomic mass is 10.1. The lowest BCUT2D eigenvalue weighted by Gasteiger charge is -2.15. The molecule has 2 aliphatic heterocycles. The van der Waals surface area contributed by atoms with Gasteiger partial charge in [-0.3, -0.25) is 4.79 Å². The van der Waals surface area contributed by atoms with Gasteiger partial charge in [-0.1, -0.05) is 18.2 Å². The molecule has 0 unspecified atom stereocenters. The minimum absolute atomic E-state index is 0.113. The number of amides is 1. The predicted molar refractivity (Wildman–Crippen MR) is 97.8 cm³/mol. The third-order valence-electron chi connectivity index (χ3n) is 4.77. The zero-order valence-corrected chi connectivity index (χ0v) is 15.1. The van der Waals surface area contributed by atoms with E-state index in [9.17, 15) is 4.79 Å². The van der Waals surface area contributed by atoms with Crippen LogP contribution in [0, 0.1) is 0 Å². The Morgan fingerprint density at radius 1 is 1.15 bits per heavy atom. The van der Waals surface area contributed by atoms with Crippen LogP contribution in [0.5, 0.6) is 17.2 Å². The number of benzene rings is 2. The first-order valence-corrected chi connectivity index (χ1v) is 9.11. The lowest BCUT2D eigenvalue weighted by Crippen LogP contribution is -2.37. The molecule has 0 spiro atoms. The van der Waals surface area contributed by atoms with E-state index in [0.29, 0.717) is 19.6 Å². The second-order valence-corrected chi connectivity index (χ2v) is 6.77. The standard InChI is InChI=1S/C21H23NO4/c1-3-24-18-10-15-8-13(2)25-19(15)11-16(18)12-22-21(23)20-9-14-6-4-5-7-17(14)26-20/h4-7,10-11,13,20H,3,8-9,12H2,1-2H3,(H,22,23)/t13-,20+/m0/s1. The van der Waals surface area contributed by atoms with Gasteiger partial charge in [0, 0.05) is 30.5 Å². The van der Waals surface area contributed by atoms with Crippen LogP contribution in [-0.4, -0.2) is 24.7 Å². The van der Waals surface area contributed by atoms with Crippen LogP contribution >= 0.6 is 0 Å². The number of nitrogens with one attached hydrogen (secondary N) is 1. The highest BCUT2D eigenvalue weighted by atomic mass is 16.5. The second kappa shape index (κ2) is 6.90. The molecule has 4 rings (SSSR count). The zero-order chi connectivity index (χ0) is 18.1. The summed E-state index contributed by atoms with van der Waals surface area (Å²) in [4.78, 5) is 12.5. The fourth-order valence-electron chi connectivity index (χ4n) is 3.53. The summed E-state index contributed by atoms with van der Waals surface area (Å²) in [5.74, 6) is 2.37. The average molecular weight is 353 g/mol. The number of carbonyl (C=O) groups is 1. The van der Waals surface area contributed by atoms with Crippen molar-refractivity contribution in [3.05, 3.63) is 53.1 Å². The molecule has 1 N–H and O–H groups in total. The number of hydrogen-bond donors (Lipinski definition) is 1. The second-order valence-electron chi connectivity index (χ2n) is 6.77. The number of hydrogen-bond acceptors (Lipinski definition) is 4. The summed E-state index contributed by atoms with van der Waals surface area (Å²) in [5.41, 5.74) is 3.15. The highest BCUT2D eigenvalue weighted by Gasteiger charge is 2.29. The van der Waals surface area contributed by atoms with Crippen molar-refractivity contribution in [2.75, 3.05) is 6.61 Å². The van der Waals surface area contributed by atoms with Gasteiger partial charge in [-0.05, 0) is 37.6 Å². The van der Waals surface area contributed by atoms with Crippen molar-refractivity contribution in [2.45, 2.75) is 45.4 Å². The highest BCUT2D eigenvalue weighted by Crippen LogP contribution is 2.35. The van der Waals surface area contributed by atoms with Crippen molar-refractivity contribution < 1.29 is 19.0 Å². The van der Waals surface area contributed by atoms with Crippen LogP contribution in [0.3, 0.4) is 0 Å². The van der Waals surface area contributed by atoms with E-state index >= 15 is 0 Å². The Hall–Kier alpha value is -2.69. The van der Waals surface area contributed by atoms with Gasteiger partial charge in [0.05, 0.1) is 6.61 Å². The van der Waals surface area contributed by atoms with E-state index in [1.165, 1.54) is 0 Å². The van der Waals surface area contributed by atoms with E-state index in [0.717, 1.165) is 40.4 Å².